The van der Waals surface area contributed by atoms with Gasteiger partial charge in [-0.2, -0.15) is 0 Å². The van der Waals surface area contributed by atoms with Gasteiger partial charge in [-0.1, -0.05) is 22.9 Å². The van der Waals surface area contributed by atoms with Gasteiger partial charge in [0.15, 0.2) is 0 Å². The molecule has 0 spiro atoms. The van der Waals surface area contributed by atoms with Crippen LogP contribution in [0.3, 0.4) is 0 Å². The first kappa shape index (κ1) is 10.5. The van der Waals surface area contributed by atoms with Gasteiger partial charge in [-0.05, 0) is 19.8 Å². The summed E-state index contributed by atoms with van der Waals surface area (Å²) in [5, 5.41) is 0. The molecule has 0 aromatic rings. The fourth-order valence-electron chi connectivity index (χ4n) is 1.36. The van der Waals surface area contributed by atoms with E-state index in [1.54, 1.807) is 0 Å². The van der Waals surface area contributed by atoms with Gasteiger partial charge in [-0.25, -0.2) is 0 Å². The van der Waals surface area contributed by atoms with E-state index in [1.165, 1.54) is 0 Å². The summed E-state index contributed by atoms with van der Waals surface area (Å²) in [6.45, 7) is 5.78. The van der Waals surface area contributed by atoms with Crippen LogP contribution in [0.2, 0.25) is 0 Å². The van der Waals surface area contributed by atoms with Gasteiger partial charge < -0.3 is 9.47 Å². The average Bonchev–Trinajstić information content (AvgIpc) is 2.08. The van der Waals surface area contributed by atoms with E-state index in [0.717, 1.165) is 26.1 Å². The maximum atomic E-state index is 5.61. The third kappa shape index (κ3) is 2.44. The van der Waals surface area contributed by atoms with Crippen molar-refractivity contribution in [1.82, 2.24) is 0 Å². The van der Waals surface area contributed by atoms with Gasteiger partial charge in [0.1, 0.15) is 0 Å². The number of rotatable bonds is 5. The Morgan fingerprint density at radius 1 is 1.33 bits per heavy atom. The molecule has 0 saturated heterocycles. The lowest BCUT2D eigenvalue weighted by Gasteiger charge is -2.40. The number of hydrogen-bond donors (Lipinski definition) is 0. The lowest BCUT2D eigenvalue weighted by atomic mass is 9.91. The zero-order chi connectivity index (χ0) is 8.97. The molecule has 0 heterocycles. The van der Waals surface area contributed by atoms with E-state index >= 15 is 0 Å². The van der Waals surface area contributed by atoms with Crippen molar-refractivity contribution in [3.63, 3.8) is 0 Å². The molecule has 0 aromatic carbocycles. The summed E-state index contributed by atoms with van der Waals surface area (Å²) < 4.78 is 11.1. The average molecular weight is 237 g/mol. The fourth-order valence-corrected chi connectivity index (χ4v) is 2.23. The molecule has 0 aliphatic heterocycles. The maximum Gasteiger partial charge on any atom is 0.0962 e. The van der Waals surface area contributed by atoms with Gasteiger partial charge >= 0.3 is 0 Å². The van der Waals surface area contributed by atoms with Crippen LogP contribution in [-0.2, 0) is 9.47 Å². The van der Waals surface area contributed by atoms with Gasteiger partial charge in [-0.3, -0.25) is 0 Å². The van der Waals surface area contributed by atoms with Crippen LogP contribution in [0.4, 0.5) is 0 Å². The summed E-state index contributed by atoms with van der Waals surface area (Å²) in [5.41, 5.74) is 0. The van der Waals surface area contributed by atoms with Crippen molar-refractivity contribution in [3.05, 3.63) is 0 Å². The van der Waals surface area contributed by atoms with E-state index in [4.69, 9.17) is 9.47 Å². The smallest absolute Gasteiger partial charge is 0.0962 e. The summed E-state index contributed by atoms with van der Waals surface area (Å²) in [6.07, 6.45) is 2.78. The minimum atomic E-state index is 0.279. The summed E-state index contributed by atoms with van der Waals surface area (Å²) in [7, 11) is 0. The van der Waals surface area contributed by atoms with Crippen molar-refractivity contribution in [1.29, 1.82) is 0 Å². The van der Waals surface area contributed by atoms with E-state index in [1.807, 2.05) is 6.92 Å². The first-order chi connectivity index (χ1) is 5.79. The Bertz CT molecular complexity index is 130. The third-order valence-corrected chi connectivity index (χ3v) is 2.97. The van der Waals surface area contributed by atoms with Crippen molar-refractivity contribution in [3.8, 4) is 0 Å². The summed E-state index contributed by atoms with van der Waals surface area (Å²) >= 11 is 3.55. The van der Waals surface area contributed by atoms with Crippen LogP contribution in [0, 0.1) is 0 Å². The summed E-state index contributed by atoms with van der Waals surface area (Å²) in [4.78, 5) is 0.499. The fraction of sp³-hybridized carbons (Fsp3) is 1.00. The van der Waals surface area contributed by atoms with Crippen molar-refractivity contribution in [2.75, 3.05) is 13.2 Å². The minimum absolute atomic E-state index is 0.279. The molecule has 0 radical (unpaired) electrons. The lowest BCUT2D eigenvalue weighted by Crippen LogP contribution is -2.50. The van der Waals surface area contributed by atoms with Crippen LogP contribution in [0.15, 0.2) is 0 Å². The number of hydrogen-bond acceptors (Lipinski definition) is 2. The van der Waals surface area contributed by atoms with Gasteiger partial charge in [0, 0.05) is 18.0 Å². The molecule has 1 aliphatic rings. The van der Waals surface area contributed by atoms with Crippen LogP contribution in [0.5, 0.6) is 0 Å². The highest BCUT2D eigenvalue weighted by molar-refractivity contribution is 9.09. The van der Waals surface area contributed by atoms with Gasteiger partial charge in [0.2, 0.25) is 0 Å². The number of ether oxygens (including phenoxy) is 2. The molecule has 0 amide bonds. The predicted octanol–water partition coefficient (Wildman–Crippen LogP) is 2.35. The molecular weight excluding hydrogens is 220 g/mol. The lowest BCUT2D eigenvalue weighted by molar-refractivity contribution is -0.118. The molecule has 1 saturated carbocycles. The summed E-state index contributed by atoms with van der Waals surface area (Å²) in [5.74, 6) is 0. The molecule has 1 aliphatic carbocycles. The zero-order valence-electron chi connectivity index (χ0n) is 7.75. The van der Waals surface area contributed by atoms with Crippen molar-refractivity contribution < 1.29 is 9.47 Å². The Morgan fingerprint density at radius 2 is 2.08 bits per heavy atom. The standard InChI is InChI=1S/C9H17BrO2/c1-3-5-12-8-6-7(10)9(8)11-4-2/h7-9H,3-6H2,1-2H3. The van der Waals surface area contributed by atoms with Crippen LogP contribution in [0.25, 0.3) is 0 Å². The second kappa shape index (κ2) is 5.20. The minimum Gasteiger partial charge on any atom is -0.375 e. The van der Waals surface area contributed by atoms with Crippen molar-refractivity contribution in [2.45, 2.75) is 43.7 Å². The van der Waals surface area contributed by atoms with Gasteiger partial charge in [0.05, 0.1) is 12.2 Å². The molecule has 12 heavy (non-hydrogen) atoms. The Morgan fingerprint density at radius 3 is 2.58 bits per heavy atom. The highest BCUT2D eigenvalue weighted by atomic mass is 79.9. The predicted molar refractivity (Wildman–Crippen MR) is 52.8 cm³/mol. The van der Waals surface area contributed by atoms with E-state index in [-0.39, 0.29) is 6.10 Å². The van der Waals surface area contributed by atoms with Crippen molar-refractivity contribution >= 4 is 15.9 Å². The molecule has 72 valence electrons. The van der Waals surface area contributed by atoms with Gasteiger partial charge in [0.25, 0.3) is 0 Å². The normalized spacial score (nSPS) is 34.8. The van der Waals surface area contributed by atoms with Crippen LogP contribution < -0.4 is 0 Å². The quantitative estimate of drug-likeness (QED) is 0.683. The van der Waals surface area contributed by atoms with Crippen LogP contribution in [0.1, 0.15) is 26.7 Å². The van der Waals surface area contributed by atoms with Gasteiger partial charge in [-0.15, -0.1) is 0 Å². The summed E-state index contributed by atoms with van der Waals surface area (Å²) in [6, 6.07) is 0. The molecule has 0 bridgehead atoms. The molecule has 0 aromatic heterocycles. The molecule has 3 heteroatoms. The highest BCUT2D eigenvalue weighted by Gasteiger charge is 2.40. The van der Waals surface area contributed by atoms with Crippen LogP contribution >= 0.6 is 15.9 Å². The molecule has 0 N–H and O–H groups in total. The molecule has 1 rings (SSSR count). The monoisotopic (exact) mass is 236 g/mol. The van der Waals surface area contributed by atoms with Crippen molar-refractivity contribution in [2.24, 2.45) is 0 Å². The van der Waals surface area contributed by atoms with E-state index in [9.17, 15) is 0 Å². The second-order valence-electron chi connectivity index (χ2n) is 3.08. The largest absolute Gasteiger partial charge is 0.375 e. The molecule has 3 unspecified atom stereocenters. The molecule has 1 fully saturated rings. The Labute approximate surface area is 82.7 Å². The Balaban J connectivity index is 2.18. The third-order valence-electron chi connectivity index (χ3n) is 2.08. The first-order valence-corrected chi connectivity index (χ1v) is 5.58. The second-order valence-corrected chi connectivity index (χ2v) is 4.26. The molecule has 3 atom stereocenters. The van der Waals surface area contributed by atoms with E-state index in [0.29, 0.717) is 10.9 Å². The van der Waals surface area contributed by atoms with E-state index in [2.05, 4.69) is 22.9 Å². The Kier molecular flexibility index (Phi) is 4.54. The molecule has 2 nitrogen and oxygen atoms in total. The topological polar surface area (TPSA) is 18.5 Å². The van der Waals surface area contributed by atoms with E-state index < -0.39 is 0 Å². The van der Waals surface area contributed by atoms with Crippen LogP contribution in [-0.4, -0.2) is 30.2 Å². The number of halogens is 1. The Hall–Kier alpha value is 0.400. The first-order valence-electron chi connectivity index (χ1n) is 4.66. The molecular formula is C9H17BrO2. The zero-order valence-corrected chi connectivity index (χ0v) is 9.34. The SMILES string of the molecule is CCCOC1CC(Br)C1OCC. The number of alkyl halides is 1. The maximum absolute atomic E-state index is 5.61. The highest BCUT2D eigenvalue weighted by Crippen LogP contribution is 2.33.